The number of aromatic amines is 1. The molecule has 2 atom stereocenters. The third kappa shape index (κ3) is 3.06. The molecule has 2 unspecified atom stereocenters. The van der Waals surface area contributed by atoms with E-state index in [0.29, 0.717) is 16.1 Å². The molecular formula is C18H14Cl2N2OS. The van der Waals surface area contributed by atoms with Gasteiger partial charge in [-0.15, -0.1) is 23.2 Å². The molecule has 0 spiro atoms. The fourth-order valence-corrected chi connectivity index (χ4v) is 4.89. The maximum Gasteiger partial charge on any atom is 0.259 e. The van der Waals surface area contributed by atoms with Crippen LogP contribution in [0.5, 0.6) is 0 Å². The summed E-state index contributed by atoms with van der Waals surface area (Å²) in [6, 6.07) is 17.4. The van der Waals surface area contributed by atoms with Crippen LogP contribution in [0.2, 0.25) is 0 Å². The lowest BCUT2D eigenvalue weighted by atomic mass is 10.1. The Hall–Kier alpha value is -1.49. The van der Waals surface area contributed by atoms with Crippen molar-refractivity contribution in [2.75, 3.05) is 0 Å². The number of nitrogens with zero attached hydrogens (tertiary/aromatic N) is 1. The summed E-state index contributed by atoms with van der Waals surface area (Å²) in [6.45, 7) is 0. The first kappa shape index (κ1) is 16.0. The molecule has 1 N–H and O–H groups in total. The van der Waals surface area contributed by atoms with Gasteiger partial charge in [0.25, 0.3) is 5.56 Å². The van der Waals surface area contributed by atoms with E-state index in [4.69, 9.17) is 23.2 Å². The van der Waals surface area contributed by atoms with E-state index in [9.17, 15) is 4.79 Å². The van der Waals surface area contributed by atoms with E-state index in [1.54, 1.807) is 6.07 Å². The van der Waals surface area contributed by atoms with E-state index in [0.717, 1.165) is 12.0 Å². The van der Waals surface area contributed by atoms with Crippen molar-refractivity contribution < 1.29 is 0 Å². The summed E-state index contributed by atoms with van der Waals surface area (Å²) in [5, 5.41) is 1.22. The zero-order chi connectivity index (χ0) is 16.7. The molecule has 1 aliphatic rings. The molecule has 0 radical (unpaired) electrons. The van der Waals surface area contributed by atoms with E-state index in [1.165, 1.54) is 11.8 Å². The maximum atomic E-state index is 12.3. The van der Waals surface area contributed by atoms with Crippen molar-refractivity contribution in [3.05, 3.63) is 70.5 Å². The van der Waals surface area contributed by atoms with Crippen molar-refractivity contribution in [2.24, 2.45) is 5.92 Å². The highest BCUT2D eigenvalue weighted by Gasteiger charge is 2.56. The van der Waals surface area contributed by atoms with Crippen LogP contribution in [0.3, 0.4) is 0 Å². The van der Waals surface area contributed by atoms with Gasteiger partial charge in [0.05, 0.1) is 10.9 Å². The summed E-state index contributed by atoms with van der Waals surface area (Å²) in [5.74, 6) is 0.130. The normalized spacial score (nSPS) is 20.0. The molecule has 0 aliphatic heterocycles. The van der Waals surface area contributed by atoms with Crippen molar-refractivity contribution >= 4 is 45.9 Å². The fraction of sp³-hybridized carbons (Fsp3) is 0.222. The van der Waals surface area contributed by atoms with E-state index in [1.807, 2.05) is 36.4 Å². The largest absolute Gasteiger partial charge is 0.301 e. The Morgan fingerprint density at radius 3 is 2.50 bits per heavy atom. The monoisotopic (exact) mass is 376 g/mol. The van der Waals surface area contributed by atoms with Crippen LogP contribution in [0.1, 0.15) is 17.2 Å². The van der Waals surface area contributed by atoms with Gasteiger partial charge in [-0.05, 0) is 24.1 Å². The fourth-order valence-electron chi connectivity index (χ4n) is 2.83. The van der Waals surface area contributed by atoms with Gasteiger partial charge in [0.2, 0.25) is 0 Å². The predicted molar refractivity (Wildman–Crippen MR) is 99.9 cm³/mol. The molecule has 0 amide bonds. The van der Waals surface area contributed by atoms with Gasteiger partial charge in [0.1, 0.15) is 4.33 Å². The Balaban J connectivity index is 1.72. The van der Waals surface area contributed by atoms with Gasteiger partial charge in [-0.3, -0.25) is 4.79 Å². The Morgan fingerprint density at radius 1 is 1.12 bits per heavy atom. The van der Waals surface area contributed by atoms with Crippen LogP contribution in [0.25, 0.3) is 10.9 Å². The van der Waals surface area contributed by atoms with Gasteiger partial charge in [-0.25, -0.2) is 4.98 Å². The van der Waals surface area contributed by atoms with Gasteiger partial charge >= 0.3 is 0 Å². The smallest absolute Gasteiger partial charge is 0.259 e. The lowest BCUT2D eigenvalue weighted by Crippen LogP contribution is -2.11. The minimum absolute atomic E-state index is 0.0468. The Kier molecular flexibility index (Phi) is 4.07. The summed E-state index contributed by atoms with van der Waals surface area (Å²) in [7, 11) is 0. The lowest BCUT2D eigenvalue weighted by molar-refractivity contribution is 0.789. The average molecular weight is 377 g/mol. The van der Waals surface area contributed by atoms with Crippen molar-refractivity contribution in [3.63, 3.8) is 0 Å². The number of aromatic nitrogens is 2. The van der Waals surface area contributed by atoms with Crippen LogP contribution in [0.4, 0.5) is 0 Å². The number of para-hydroxylation sites is 1. The molecule has 24 heavy (non-hydrogen) atoms. The van der Waals surface area contributed by atoms with Crippen LogP contribution in [-0.2, 0) is 0 Å². The van der Waals surface area contributed by atoms with Gasteiger partial charge in [0, 0.05) is 11.2 Å². The standard InChI is InChI=1S/C18H14Cl2N2OS/c19-18(20)10-13(18)15(11-6-2-1-3-7-11)24-17-21-14-9-5-4-8-12(14)16(23)22-17/h1-9,13,15H,10H2,(H,21,22,23). The molecule has 1 saturated carbocycles. The minimum Gasteiger partial charge on any atom is -0.301 e. The summed E-state index contributed by atoms with van der Waals surface area (Å²) >= 11 is 14.1. The van der Waals surface area contributed by atoms with Crippen molar-refractivity contribution in [3.8, 4) is 0 Å². The zero-order valence-corrected chi connectivity index (χ0v) is 14.9. The van der Waals surface area contributed by atoms with Crippen molar-refractivity contribution in [1.82, 2.24) is 9.97 Å². The maximum absolute atomic E-state index is 12.3. The molecule has 122 valence electrons. The number of alkyl halides is 2. The van der Waals surface area contributed by atoms with Crippen LogP contribution in [0, 0.1) is 5.92 Å². The summed E-state index contributed by atoms with van der Waals surface area (Å²) in [6.07, 6.45) is 0.737. The number of benzene rings is 2. The van der Waals surface area contributed by atoms with Gasteiger partial charge in [-0.2, -0.15) is 0 Å². The Bertz CT molecular complexity index is 942. The summed E-state index contributed by atoms with van der Waals surface area (Å²) in [4.78, 5) is 19.7. The molecule has 1 aromatic heterocycles. The number of rotatable bonds is 4. The van der Waals surface area contributed by atoms with Crippen LogP contribution < -0.4 is 5.56 Å². The van der Waals surface area contributed by atoms with Crippen LogP contribution in [-0.4, -0.2) is 14.3 Å². The number of hydrogen-bond acceptors (Lipinski definition) is 3. The molecule has 1 fully saturated rings. The summed E-state index contributed by atoms with van der Waals surface area (Å²) < 4.78 is -0.704. The number of H-pyrrole nitrogens is 1. The second-order valence-electron chi connectivity index (χ2n) is 5.91. The molecule has 1 aliphatic carbocycles. The molecular weight excluding hydrogens is 363 g/mol. The average Bonchev–Trinajstić information content (AvgIpc) is 3.21. The quantitative estimate of drug-likeness (QED) is 0.398. The number of fused-ring (bicyclic) bond motifs is 1. The van der Waals surface area contributed by atoms with Gasteiger partial charge < -0.3 is 4.98 Å². The molecule has 4 rings (SSSR count). The molecule has 2 aromatic carbocycles. The lowest BCUT2D eigenvalue weighted by Gasteiger charge is -2.17. The van der Waals surface area contributed by atoms with Crippen molar-refractivity contribution in [1.29, 1.82) is 0 Å². The predicted octanol–water partition coefficient (Wildman–Crippen LogP) is 4.95. The SMILES string of the molecule is O=c1[nH]c(SC(c2ccccc2)C2CC2(Cl)Cl)nc2ccccc12. The highest BCUT2D eigenvalue weighted by molar-refractivity contribution is 7.99. The van der Waals surface area contributed by atoms with E-state index in [2.05, 4.69) is 22.1 Å². The molecule has 0 bridgehead atoms. The van der Waals surface area contributed by atoms with Crippen LogP contribution >= 0.6 is 35.0 Å². The first-order valence-electron chi connectivity index (χ1n) is 7.63. The van der Waals surface area contributed by atoms with Crippen LogP contribution in [0.15, 0.2) is 64.5 Å². The number of halogens is 2. The minimum atomic E-state index is -0.704. The Labute approximate surface area is 153 Å². The summed E-state index contributed by atoms with van der Waals surface area (Å²) in [5.41, 5.74) is 1.69. The Morgan fingerprint density at radius 2 is 1.79 bits per heavy atom. The molecule has 1 heterocycles. The first-order valence-corrected chi connectivity index (χ1v) is 9.27. The van der Waals surface area contributed by atoms with Gasteiger partial charge in [-0.1, -0.05) is 54.2 Å². The third-order valence-corrected chi connectivity index (χ3v) is 6.34. The first-order chi connectivity index (χ1) is 11.5. The zero-order valence-electron chi connectivity index (χ0n) is 12.6. The van der Waals surface area contributed by atoms with E-state index in [-0.39, 0.29) is 16.7 Å². The highest BCUT2D eigenvalue weighted by atomic mass is 35.5. The van der Waals surface area contributed by atoms with E-state index >= 15 is 0 Å². The topological polar surface area (TPSA) is 45.8 Å². The van der Waals surface area contributed by atoms with Gasteiger partial charge in [0.15, 0.2) is 5.16 Å². The third-order valence-electron chi connectivity index (χ3n) is 4.20. The second-order valence-corrected chi connectivity index (χ2v) is 8.58. The van der Waals surface area contributed by atoms with Crippen molar-refractivity contribution in [2.45, 2.75) is 21.2 Å². The molecule has 3 nitrogen and oxygen atoms in total. The highest BCUT2D eigenvalue weighted by Crippen LogP contribution is 2.63. The molecule has 6 heteroatoms. The molecule has 3 aromatic rings. The second kappa shape index (κ2) is 6.10. The number of hydrogen-bond donors (Lipinski definition) is 1. The van der Waals surface area contributed by atoms with E-state index < -0.39 is 4.33 Å². The number of nitrogens with one attached hydrogen (secondary N) is 1. The molecule has 0 saturated heterocycles. The number of thioether (sulfide) groups is 1.